The van der Waals surface area contributed by atoms with Crippen molar-refractivity contribution in [3.63, 3.8) is 0 Å². The van der Waals surface area contributed by atoms with Crippen molar-refractivity contribution in [3.05, 3.63) is 29.8 Å². The number of sulfonamides is 1. The molecule has 0 bridgehead atoms. The molecule has 0 spiro atoms. The molecular weight excluding hydrogens is 311 g/mol. The molecule has 118 valence electrons. The number of carbonyl (C=O) groups is 1. The number of amides is 2. The third-order valence-electron chi connectivity index (χ3n) is 2.51. The van der Waals surface area contributed by atoms with Crippen molar-refractivity contribution in [2.24, 2.45) is 5.14 Å². The Morgan fingerprint density at radius 2 is 1.81 bits per heavy atom. The SMILES string of the molecule is CC(NC(=O)NCC(F)(F)F)c1ccc(S(N)(=O)=O)cc1. The van der Waals surface area contributed by atoms with Gasteiger partial charge in [-0.25, -0.2) is 18.4 Å². The van der Waals surface area contributed by atoms with Gasteiger partial charge in [0.2, 0.25) is 10.0 Å². The number of hydrogen-bond acceptors (Lipinski definition) is 3. The van der Waals surface area contributed by atoms with Crippen molar-refractivity contribution in [3.8, 4) is 0 Å². The first-order valence-electron chi connectivity index (χ1n) is 5.73. The number of nitrogens with two attached hydrogens (primary N) is 1. The van der Waals surface area contributed by atoms with Crippen LogP contribution in [0.1, 0.15) is 18.5 Å². The van der Waals surface area contributed by atoms with Crippen molar-refractivity contribution in [2.45, 2.75) is 24.0 Å². The first-order valence-corrected chi connectivity index (χ1v) is 7.27. The average molecular weight is 325 g/mol. The van der Waals surface area contributed by atoms with Crippen LogP contribution in [-0.4, -0.2) is 27.2 Å². The predicted molar refractivity (Wildman–Crippen MR) is 68.8 cm³/mol. The van der Waals surface area contributed by atoms with Gasteiger partial charge in [0.25, 0.3) is 0 Å². The Hall–Kier alpha value is -1.81. The Morgan fingerprint density at radius 1 is 1.29 bits per heavy atom. The molecule has 1 rings (SSSR count). The molecule has 0 radical (unpaired) electrons. The summed E-state index contributed by atoms with van der Waals surface area (Å²) in [6, 6.07) is 3.73. The minimum absolute atomic E-state index is 0.0972. The standard InChI is InChI=1S/C11H14F3N3O3S/c1-7(17-10(18)16-6-11(12,13)14)8-2-4-9(5-3-8)21(15,19)20/h2-5,7H,6H2,1H3,(H2,15,19,20)(H2,16,17,18). The maximum absolute atomic E-state index is 11.9. The Labute approximate surface area is 119 Å². The van der Waals surface area contributed by atoms with Crippen LogP contribution in [0.25, 0.3) is 0 Å². The Balaban J connectivity index is 2.64. The lowest BCUT2D eigenvalue weighted by atomic mass is 10.1. The number of rotatable bonds is 4. The maximum Gasteiger partial charge on any atom is 0.405 e. The van der Waals surface area contributed by atoms with Crippen LogP contribution in [0.5, 0.6) is 0 Å². The normalized spacial score (nSPS) is 13.6. The van der Waals surface area contributed by atoms with Crippen LogP contribution in [0.4, 0.5) is 18.0 Å². The largest absolute Gasteiger partial charge is 0.405 e. The molecule has 2 amide bonds. The Morgan fingerprint density at radius 3 is 2.24 bits per heavy atom. The molecule has 1 aromatic carbocycles. The fourth-order valence-corrected chi connectivity index (χ4v) is 1.97. The number of carbonyl (C=O) groups excluding carboxylic acids is 1. The molecule has 1 unspecified atom stereocenters. The predicted octanol–water partition coefficient (Wildman–Crippen LogP) is 1.26. The fourth-order valence-electron chi connectivity index (χ4n) is 1.46. The monoisotopic (exact) mass is 325 g/mol. The zero-order chi connectivity index (χ0) is 16.3. The molecule has 4 N–H and O–H groups in total. The summed E-state index contributed by atoms with van der Waals surface area (Å²) in [6.45, 7) is 0.106. The van der Waals surface area contributed by atoms with Gasteiger partial charge >= 0.3 is 12.2 Å². The molecule has 0 aromatic heterocycles. The summed E-state index contributed by atoms with van der Waals surface area (Å²) in [4.78, 5) is 11.2. The highest BCUT2D eigenvalue weighted by Gasteiger charge is 2.27. The summed E-state index contributed by atoms with van der Waals surface area (Å²) in [6.07, 6.45) is -4.49. The molecule has 21 heavy (non-hydrogen) atoms. The van der Waals surface area contributed by atoms with Crippen LogP contribution in [0.15, 0.2) is 29.2 Å². The third-order valence-corrected chi connectivity index (χ3v) is 3.43. The van der Waals surface area contributed by atoms with Crippen molar-refractivity contribution < 1.29 is 26.4 Å². The molecule has 0 fully saturated rings. The van der Waals surface area contributed by atoms with Gasteiger partial charge in [-0.1, -0.05) is 12.1 Å². The molecule has 6 nitrogen and oxygen atoms in total. The van der Waals surface area contributed by atoms with Crippen LogP contribution < -0.4 is 15.8 Å². The molecule has 1 aromatic rings. The quantitative estimate of drug-likeness (QED) is 0.776. The molecule has 0 saturated heterocycles. The van der Waals surface area contributed by atoms with Gasteiger partial charge in [-0.05, 0) is 24.6 Å². The second-order valence-electron chi connectivity index (χ2n) is 4.28. The number of urea groups is 1. The number of hydrogen-bond donors (Lipinski definition) is 3. The van der Waals surface area contributed by atoms with E-state index in [1.807, 2.05) is 0 Å². The second-order valence-corrected chi connectivity index (χ2v) is 5.84. The molecule has 1 atom stereocenters. The van der Waals surface area contributed by atoms with Gasteiger partial charge in [-0.2, -0.15) is 13.2 Å². The topological polar surface area (TPSA) is 101 Å². The fraction of sp³-hybridized carbons (Fsp3) is 0.364. The molecule has 0 aliphatic carbocycles. The summed E-state index contributed by atoms with van der Waals surface area (Å²) in [7, 11) is -3.82. The summed E-state index contributed by atoms with van der Waals surface area (Å²) in [5.74, 6) is 0. The molecule has 0 aliphatic rings. The first-order chi connectivity index (χ1) is 9.49. The lowest BCUT2D eigenvalue weighted by Crippen LogP contribution is -2.41. The third kappa shape index (κ3) is 6.00. The summed E-state index contributed by atoms with van der Waals surface area (Å²) >= 11 is 0. The molecule has 0 heterocycles. The molecular formula is C11H14F3N3O3S. The van der Waals surface area contributed by atoms with Crippen molar-refractivity contribution >= 4 is 16.1 Å². The Bertz CT molecular complexity index is 599. The van der Waals surface area contributed by atoms with E-state index in [2.05, 4.69) is 5.32 Å². The van der Waals surface area contributed by atoms with E-state index in [1.54, 1.807) is 12.2 Å². The van der Waals surface area contributed by atoms with E-state index in [9.17, 15) is 26.4 Å². The average Bonchev–Trinajstić information content (AvgIpc) is 2.34. The number of halogens is 3. The van der Waals surface area contributed by atoms with Gasteiger partial charge < -0.3 is 10.6 Å². The Kier molecular flexibility index (Phi) is 5.18. The van der Waals surface area contributed by atoms with Crippen molar-refractivity contribution in [1.29, 1.82) is 0 Å². The zero-order valence-corrected chi connectivity index (χ0v) is 11.8. The van der Waals surface area contributed by atoms with Crippen molar-refractivity contribution in [2.75, 3.05) is 6.54 Å². The molecule has 0 aliphatic heterocycles. The van der Waals surface area contributed by atoms with Crippen LogP contribution in [-0.2, 0) is 10.0 Å². The smallest absolute Gasteiger partial charge is 0.332 e. The number of nitrogens with one attached hydrogen (secondary N) is 2. The minimum Gasteiger partial charge on any atom is -0.332 e. The number of alkyl halides is 3. The van der Waals surface area contributed by atoms with Gasteiger partial charge in [0.05, 0.1) is 10.9 Å². The van der Waals surface area contributed by atoms with Gasteiger partial charge in [0.1, 0.15) is 6.54 Å². The summed E-state index contributed by atoms with van der Waals surface area (Å²) < 4.78 is 57.9. The van der Waals surface area contributed by atoms with E-state index in [-0.39, 0.29) is 4.90 Å². The van der Waals surface area contributed by atoms with E-state index < -0.39 is 34.8 Å². The van der Waals surface area contributed by atoms with E-state index in [4.69, 9.17) is 5.14 Å². The highest BCUT2D eigenvalue weighted by molar-refractivity contribution is 7.89. The minimum atomic E-state index is -4.49. The van der Waals surface area contributed by atoms with Crippen LogP contribution >= 0.6 is 0 Å². The second kappa shape index (κ2) is 6.31. The van der Waals surface area contributed by atoms with Gasteiger partial charge in [-0.15, -0.1) is 0 Å². The number of benzene rings is 1. The lowest BCUT2D eigenvalue weighted by Gasteiger charge is -2.16. The van der Waals surface area contributed by atoms with Crippen molar-refractivity contribution in [1.82, 2.24) is 10.6 Å². The summed E-state index contributed by atoms with van der Waals surface area (Å²) in [5, 5.41) is 8.89. The zero-order valence-electron chi connectivity index (χ0n) is 10.9. The maximum atomic E-state index is 11.9. The highest BCUT2D eigenvalue weighted by atomic mass is 32.2. The highest BCUT2D eigenvalue weighted by Crippen LogP contribution is 2.16. The molecule has 10 heteroatoms. The van der Waals surface area contributed by atoms with Gasteiger partial charge in [0.15, 0.2) is 0 Å². The van der Waals surface area contributed by atoms with E-state index in [1.165, 1.54) is 24.3 Å². The van der Waals surface area contributed by atoms with Gasteiger partial charge in [0, 0.05) is 0 Å². The lowest BCUT2D eigenvalue weighted by molar-refractivity contribution is -0.122. The van der Waals surface area contributed by atoms with E-state index in [0.717, 1.165) is 0 Å². The van der Waals surface area contributed by atoms with E-state index in [0.29, 0.717) is 5.56 Å². The van der Waals surface area contributed by atoms with Crippen LogP contribution in [0, 0.1) is 0 Å². The van der Waals surface area contributed by atoms with Gasteiger partial charge in [-0.3, -0.25) is 0 Å². The molecule has 0 saturated carbocycles. The van der Waals surface area contributed by atoms with E-state index >= 15 is 0 Å². The van der Waals surface area contributed by atoms with Crippen LogP contribution in [0.3, 0.4) is 0 Å². The number of primary sulfonamides is 1. The van der Waals surface area contributed by atoms with Crippen LogP contribution in [0.2, 0.25) is 0 Å². The first kappa shape index (κ1) is 17.2. The summed E-state index contributed by atoms with van der Waals surface area (Å²) in [5.41, 5.74) is 0.518.